The molecule has 2 heteroatoms. The summed E-state index contributed by atoms with van der Waals surface area (Å²) in [5.74, 6) is 0.856. The van der Waals surface area contributed by atoms with Crippen molar-refractivity contribution < 1.29 is 0 Å². The second kappa shape index (κ2) is 4.62. The van der Waals surface area contributed by atoms with Crippen LogP contribution < -0.4 is 0 Å². The van der Waals surface area contributed by atoms with Crippen molar-refractivity contribution in [2.24, 2.45) is 0 Å². The van der Waals surface area contributed by atoms with Crippen LogP contribution in [0, 0.1) is 0 Å². The van der Waals surface area contributed by atoms with Crippen LogP contribution >= 0.6 is 0 Å². The summed E-state index contributed by atoms with van der Waals surface area (Å²) in [5.41, 5.74) is 3.02. The summed E-state index contributed by atoms with van der Waals surface area (Å²) < 4.78 is 0. The van der Waals surface area contributed by atoms with Gasteiger partial charge in [-0.25, -0.2) is 4.98 Å². The molecule has 0 aliphatic rings. The largest absolute Gasteiger partial charge is 0.338 e. The van der Waals surface area contributed by atoms with Crippen LogP contribution in [0.2, 0.25) is 0 Å². The number of aromatic amines is 1. The maximum atomic E-state index is 4.51. The summed E-state index contributed by atoms with van der Waals surface area (Å²) in [7, 11) is 0. The van der Waals surface area contributed by atoms with Crippen molar-refractivity contribution in [3.05, 3.63) is 61.0 Å². The molecule has 0 bridgehead atoms. The van der Waals surface area contributed by atoms with E-state index >= 15 is 0 Å². The van der Waals surface area contributed by atoms with E-state index in [4.69, 9.17) is 0 Å². The quantitative estimate of drug-likeness (QED) is 0.769. The number of nitrogens with one attached hydrogen (secondary N) is 1. The molecule has 0 saturated carbocycles. The van der Waals surface area contributed by atoms with Crippen molar-refractivity contribution in [2.75, 3.05) is 0 Å². The number of H-pyrrole nitrogens is 1. The minimum absolute atomic E-state index is 0.856. The van der Waals surface area contributed by atoms with Gasteiger partial charge < -0.3 is 4.98 Å². The van der Waals surface area contributed by atoms with E-state index in [1.165, 1.54) is 0 Å². The topological polar surface area (TPSA) is 28.7 Å². The molecule has 0 spiro atoms. The molecular formula is C14H14N2. The fraction of sp³-hybridized carbons (Fsp3) is 0.0714. The predicted molar refractivity (Wildman–Crippen MR) is 69.1 cm³/mol. The number of imidazole rings is 1. The van der Waals surface area contributed by atoms with Crippen LogP contribution in [0.1, 0.15) is 12.7 Å². The average molecular weight is 210 g/mol. The molecule has 0 fully saturated rings. The van der Waals surface area contributed by atoms with Crippen LogP contribution in [0.4, 0.5) is 0 Å². The molecule has 2 aromatic rings. The van der Waals surface area contributed by atoms with Gasteiger partial charge in [-0.05, 0) is 19.1 Å². The molecule has 0 aliphatic heterocycles. The Morgan fingerprint density at radius 2 is 2.19 bits per heavy atom. The highest BCUT2D eigenvalue weighted by Gasteiger charge is 2.03. The lowest BCUT2D eigenvalue weighted by Gasteiger charge is -1.93. The second-order valence-corrected chi connectivity index (χ2v) is 3.45. The third kappa shape index (κ3) is 1.96. The van der Waals surface area contributed by atoms with Crippen molar-refractivity contribution in [2.45, 2.75) is 6.92 Å². The molecule has 1 aromatic heterocycles. The van der Waals surface area contributed by atoms with E-state index < -0.39 is 0 Å². The number of hydrogen-bond acceptors (Lipinski definition) is 1. The van der Waals surface area contributed by atoms with Crippen LogP contribution in [0.5, 0.6) is 0 Å². The van der Waals surface area contributed by atoms with E-state index in [9.17, 15) is 0 Å². The van der Waals surface area contributed by atoms with Crippen LogP contribution in [0.3, 0.4) is 0 Å². The fourth-order valence-corrected chi connectivity index (χ4v) is 1.53. The number of para-hydroxylation sites is 2. The van der Waals surface area contributed by atoms with Gasteiger partial charge in [0.1, 0.15) is 5.82 Å². The Labute approximate surface area is 95.0 Å². The first-order chi connectivity index (χ1) is 7.85. The number of aromatic nitrogens is 2. The summed E-state index contributed by atoms with van der Waals surface area (Å²) in [6, 6.07) is 7.98. The van der Waals surface area contributed by atoms with Gasteiger partial charge in [-0.2, -0.15) is 0 Å². The number of allylic oxidation sites excluding steroid dienone is 5. The van der Waals surface area contributed by atoms with Gasteiger partial charge in [-0.1, -0.05) is 43.0 Å². The van der Waals surface area contributed by atoms with E-state index in [0.29, 0.717) is 0 Å². The highest BCUT2D eigenvalue weighted by atomic mass is 14.9. The van der Waals surface area contributed by atoms with Crippen molar-refractivity contribution in [1.82, 2.24) is 9.97 Å². The molecular weight excluding hydrogens is 196 g/mol. The standard InChI is InChI=1S/C14H14N2/c1-3-5-8-11(4-2)14-15-12-9-6-7-10-13(12)16-14/h3-10H,2H2,1H3,(H,15,16)/b5-3-,11-8+. The van der Waals surface area contributed by atoms with Crippen LogP contribution in [-0.4, -0.2) is 9.97 Å². The molecule has 0 amide bonds. The smallest absolute Gasteiger partial charge is 0.138 e. The number of rotatable bonds is 3. The van der Waals surface area contributed by atoms with Crippen molar-refractivity contribution in [1.29, 1.82) is 0 Å². The molecule has 16 heavy (non-hydrogen) atoms. The first-order valence-corrected chi connectivity index (χ1v) is 5.25. The molecule has 0 aliphatic carbocycles. The summed E-state index contributed by atoms with van der Waals surface area (Å²) in [6.45, 7) is 5.78. The van der Waals surface area contributed by atoms with Gasteiger partial charge >= 0.3 is 0 Å². The molecule has 0 radical (unpaired) electrons. The molecule has 2 rings (SSSR count). The zero-order valence-electron chi connectivity index (χ0n) is 9.27. The zero-order valence-corrected chi connectivity index (χ0v) is 9.27. The van der Waals surface area contributed by atoms with Crippen LogP contribution in [0.15, 0.2) is 55.1 Å². The van der Waals surface area contributed by atoms with Gasteiger partial charge in [0.2, 0.25) is 0 Å². The zero-order chi connectivity index (χ0) is 11.4. The highest BCUT2D eigenvalue weighted by molar-refractivity contribution is 5.81. The Morgan fingerprint density at radius 1 is 1.38 bits per heavy atom. The number of hydrogen-bond donors (Lipinski definition) is 1. The summed E-state index contributed by atoms with van der Waals surface area (Å²) >= 11 is 0. The lowest BCUT2D eigenvalue weighted by molar-refractivity contribution is 1.27. The van der Waals surface area contributed by atoms with Gasteiger partial charge in [-0.15, -0.1) is 0 Å². The monoisotopic (exact) mass is 210 g/mol. The maximum Gasteiger partial charge on any atom is 0.138 e. The molecule has 1 N–H and O–H groups in total. The minimum atomic E-state index is 0.856. The van der Waals surface area contributed by atoms with Gasteiger partial charge in [0.15, 0.2) is 0 Å². The molecule has 80 valence electrons. The predicted octanol–water partition coefficient (Wildman–Crippen LogP) is 3.71. The molecule has 0 unspecified atom stereocenters. The molecule has 0 atom stereocenters. The van der Waals surface area contributed by atoms with E-state index in [1.54, 1.807) is 6.08 Å². The molecule has 0 saturated heterocycles. The Morgan fingerprint density at radius 3 is 2.88 bits per heavy atom. The summed E-state index contributed by atoms with van der Waals surface area (Å²) in [4.78, 5) is 7.78. The Bertz CT molecular complexity index is 526. The Balaban J connectivity index is 2.49. The van der Waals surface area contributed by atoms with Gasteiger partial charge in [-0.3, -0.25) is 0 Å². The molecule has 1 heterocycles. The Kier molecular flexibility index (Phi) is 3.01. The highest BCUT2D eigenvalue weighted by Crippen LogP contribution is 2.17. The third-order valence-electron chi connectivity index (χ3n) is 2.35. The second-order valence-electron chi connectivity index (χ2n) is 3.45. The average Bonchev–Trinajstić information content (AvgIpc) is 2.73. The van der Waals surface area contributed by atoms with E-state index in [2.05, 4.69) is 16.5 Å². The van der Waals surface area contributed by atoms with Gasteiger partial charge in [0.25, 0.3) is 0 Å². The lowest BCUT2D eigenvalue weighted by atomic mass is 10.2. The van der Waals surface area contributed by atoms with Crippen LogP contribution in [0.25, 0.3) is 16.6 Å². The molecule has 1 aromatic carbocycles. The van der Waals surface area contributed by atoms with Crippen molar-refractivity contribution in [3.63, 3.8) is 0 Å². The van der Waals surface area contributed by atoms with Crippen LogP contribution in [-0.2, 0) is 0 Å². The van der Waals surface area contributed by atoms with E-state index in [1.807, 2.05) is 49.4 Å². The minimum Gasteiger partial charge on any atom is -0.338 e. The molecule has 2 nitrogen and oxygen atoms in total. The SMILES string of the molecule is C=C/C(=C\C=C/C)c1nc2ccccc2[nH]1. The van der Waals surface area contributed by atoms with E-state index in [0.717, 1.165) is 22.4 Å². The van der Waals surface area contributed by atoms with Crippen molar-refractivity contribution >= 4 is 16.6 Å². The lowest BCUT2D eigenvalue weighted by Crippen LogP contribution is -1.82. The fourth-order valence-electron chi connectivity index (χ4n) is 1.53. The summed E-state index contributed by atoms with van der Waals surface area (Å²) in [5, 5.41) is 0. The first kappa shape index (κ1) is 10.4. The number of fused-ring (bicyclic) bond motifs is 1. The van der Waals surface area contributed by atoms with Crippen molar-refractivity contribution in [3.8, 4) is 0 Å². The number of nitrogens with zero attached hydrogens (tertiary/aromatic N) is 1. The van der Waals surface area contributed by atoms with Gasteiger partial charge in [0, 0.05) is 5.57 Å². The van der Waals surface area contributed by atoms with Gasteiger partial charge in [0.05, 0.1) is 11.0 Å². The first-order valence-electron chi connectivity index (χ1n) is 5.25. The normalized spacial score (nSPS) is 12.4. The Hall–Kier alpha value is -2.09. The summed E-state index contributed by atoms with van der Waals surface area (Å²) in [6.07, 6.45) is 7.75. The number of benzene rings is 1. The van der Waals surface area contributed by atoms with E-state index in [-0.39, 0.29) is 0 Å². The third-order valence-corrected chi connectivity index (χ3v) is 2.35. The maximum absolute atomic E-state index is 4.51.